The molecule has 0 saturated heterocycles. The summed E-state index contributed by atoms with van der Waals surface area (Å²) in [5, 5.41) is 7.48. The maximum atomic E-state index is 5.33. The number of nitrogens with zero attached hydrogens (tertiary/aromatic N) is 5. The van der Waals surface area contributed by atoms with Crippen LogP contribution < -0.4 is 14.8 Å². The summed E-state index contributed by atoms with van der Waals surface area (Å²) in [7, 11) is 0. The Labute approximate surface area is 239 Å². The van der Waals surface area contributed by atoms with Crippen LogP contribution in [0.1, 0.15) is 50.4 Å². The van der Waals surface area contributed by atoms with Crippen molar-refractivity contribution >= 4 is 22.9 Å². The first kappa shape index (κ1) is 27.4. The molecule has 1 aliphatic heterocycles. The molecular formula is C35H41N5. The van der Waals surface area contributed by atoms with Crippen LogP contribution in [0.3, 0.4) is 0 Å². The van der Waals surface area contributed by atoms with Gasteiger partial charge in [-0.1, -0.05) is 60.7 Å². The van der Waals surface area contributed by atoms with Crippen molar-refractivity contribution in [1.29, 1.82) is 0 Å². The molecule has 0 radical (unpaired) electrons. The average Bonchev–Trinajstić information content (AvgIpc) is 3.39. The lowest BCUT2D eigenvalue weighted by Crippen LogP contribution is -2.28. The Morgan fingerprint density at radius 3 is 1.77 bits per heavy atom. The molecule has 40 heavy (non-hydrogen) atoms. The summed E-state index contributed by atoms with van der Waals surface area (Å²) in [6.45, 7) is 12.8. The molecule has 206 valence electrons. The fraction of sp³-hybridized carbons (Fsp3) is 0.314. The van der Waals surface area contributed by atoms with Crippen LogP contribution in [-0.4, -0.2) is 36.9 Å². The highest BCUT2D eigenvalue weighted by Gasteiger charge is 2.40. The van der Waals surface area contributed by atoms with Gasteiger partial charge in [-0.15, -0.1) is 0 Å². The van der Waals surface area contributed by atoms with E-state index in [9.17, 15) is 0 Å². The van der Waals surface area contributed by atoms with Crippen molar-refractivity contribution in [2.24, 2.45) is 11.0 Å². The summed E-state index contributed by atoms with van der Waals surface area (Å²) < 4.78 is 0. The van der Waals surface area contributed by atoms with E-state index in [1.165, 1.54) is 28.1 Å². The molecule has 2 atom stereocenters. The zero-order valence-corrected chi connectivity index (χ0v) is 24.2. The molecule has 5 heteroatoms. The van der Waals surface area contributed by atoms with E-state index in [4.69, 9.17) is 10.1 Å². The molecule has 0 spiro atoms. The molecule has 0 aliphatic carbocycles. The first-order valence-electron chi connectivity index (χ1n) is 14.7. The second kappa shape index (κ2) is 12.8. The van der Waals surface area contributed by atoms with Gasteiger partial charge in [-0.05, 0) is 87.2 Å². The minimum Gasteiger partial charge on any atom is -0.372 e. The van der Waals surface area contributed by atoms with E-state index in [0.717, 1.165) is 44.1 Å². The molecular weight excluding hydrogens is 490 g/mol. The van der Waals surface area contributed by atoms with Gasteiger partial charge >= 0.3 is 0 Å². The quantitative estimate of drug-likeness (QED) is 0.200. The van der Waals surface area contributed by atoms with Gasteiger partial charge in [0.15, 0.2) is 0 Å². The summed E-state index contributed by atoms with van der Waals surface area (Å²) in [6.07, 6.45) is 2.75. The molecule has 3 aromatic carbocycles. The molecule has 0 saturated carbocycles. The molecule has 0 fully saturated rings. The van der Waals surface area contributed by atoms with E-state index in [1.54, 1.807) is 0 Å². The number of benzene rings is 3. The van der Waals surface area contributed by atoms with Gasteiger partial charge in [-0.2, -0.15) is 5.10 Å². The van der Waals surface area contributed by atoms with Crippen LogP contribution >= 0.6 is 0 Å². The Morgan fingerprint density at radius 1 is 0.650 bits per heavy atom. The Bertz CT molecular complexity index is 1360. The molecule has 1 aliphatic rings. The van der Waals surface area contributed by atoms with Crippen LogP contribution in [0, 0.1) is 5.92 Å². The van der Waals surface area contributed by atoms with Crippen molar-refractivity contribution < 1.29 is 0 Å². The van der Waals surface area contributed by atoms with Gasteiger partial charge in [-0.25, -0.2) is 9.99 Å². The normalized spacial score (nSPS) is 16.6. The maximum absolute atomic E-state index is 5.33. The first-order valence-corrected chi connectivity index (χ1v) is 14.7. The number of anilines is 3. The monoisotopic (exact) mass is 531 g/mol. The number of hydrazone groups is 1. The van der Waals surface area contributed by atoms with Gasteiger partial charge in [0.05, 0.1) is 11.8 Å². The van der Waals surface area contributed by atoms with E-state index in [0.29, 0.717) is 0 Å². The fourth-order valence-corrected chi connectivity index (χ4v) is 5.88. The lowest BCUT2D eigenvalue weighted by atomic mass is 9.82. The van der Waals surface area contributed by atoms with Gasteiger partial charge in [0.2, 0.25) is 0 Å². The van der Waals surface area contributed by atoms with E-state index in [1.807, 2.05) is 18.3 Å². The van der Waals surface area contributed by atoms with Crippen molar-refractivity contribution in [3.63, 3.8) is 0 Å². The third kappa shape index (κ3) is 5.74. The third-order valence-electron chi connectivity index (χ3n) is 8.05. The van der Waals surface area contributed by atoms with Crippen LogP contribution in [0.2, 0.25) is 0 Å². The van der Waals surface area contributed by atoms with Crippen LogP contribution in [0.4, 0.5) is 17.2 Å². The molecule has 0 N–H and O–H groups in total. The minimum absolute atomic E-state index is 0.0262. The largest absolute Gasteiger partial charge is 0.372 e. The number of hydrogen-bond donors (Lipinski definition) is 0. The van der Waals surface area contributed by atoms with Crippen molar-refractivity contribution in [2.75, 3.05) is 41.0 Å². The molecule has 5 rings (SSSR count). The van der Waals surface area contributed by atoms with Gasteiger partial charge in [0.1, 0.15) is 5.82 Å². The minimum atomic E-state index is 0.0262. The number of hydrogen-bond acceptors (Lipinski definition) is 5. The number of rotatable bonds is 11. The molecule has 0 amide bonds. The second-order valence-electron chi connectivity index (χ2n) is 10.2. The van der Waals surface area contributed by atoms with Gasteiger partial charge in [0, 0.05) is 49.7 Å². The standard InChI is InChI=1S/C35H41N5/c1-5-38(6-2)30-21-17-28(18-22-30)34-32(26-27-14-10-9-11-15-27)35(40(37-34)33-16-12-13-25-36-33)29-19-23-31(24-20-29)39(7-3)8-4/h9-25,32,35H,5-8,26H2,1-4H3. The van der Waals surface area contributed by atoms with Crippen molar-refractivity contribution in [3.8, 4) is 0 Å². The lowest BCUT2D eigenvalue weighted by Gasteiger charge is -2.29. The number of aromatic nitrogens is 1. The third-order valence-corrected chi connectivity index (χ3v) is 8.05. The Hall–Kier alpha value is -4.12. The first-order chi connectivity index (χ1) is 19.7. The van der Waals surface area contributed by atoms with Crippen LogP contribution in [0.15, 0.2) is 108 Å². The second-order valence-corrected chi connectivity index (χ2v) is 10.2. The molecule has 0 bridgehead atoms. The summed E-state index contributed by atoms with van der Waals surface area (Å²) in [4.78, 5) is 9.50. The van der Waals surface area contributed by atoms with Crippen molar-refractivity contribution in [1.82, 2.24) is 4.98 Å². The van der Waals surface area contributed by atoms with E-state index in [2.05, 4.69) is 127 Å². The van der Waals surface area contributed by atoms with Crippen LogP contribution in [0.25, 0.3) is 0 Å². The van der Waals surface area contributed by atoms with Crippen molar-refractivity contribution in [2.45, 2.75) is 40.2 Å². The fourth-order valence-electron chi connectivity index (χ4n) is 5.88. The summed E-state index contributed by atoms with van der Waals surface area (Å²) in [5.41, 5.74) is 7.34. The highest BCUT2D eigenvalue weighted by Crippen LogP contribution is 2.42. The summed E-state index contributed by atoms with van der Waals surface area (Å²) in [5.74, 6) is 1.02. The zero-order chi connectivity index (χ0) is 27.9. The summed E-state index contributed by atoms with van der Waals surface area (Å²) in [6, 6.07) is 34.9. The Kier molecular flexibility index (Phi) is 8.80. The topological polar surface area (TPSA) is 35.0 Å². The SMILES string of the molecule is CCN(CC)c1ccc(C2=NN(c3ccccn3)C(c3ccc(N(CC)CC)cc3)C2Cc2ccccc2)cc1. The maximum Gasteiger partial charge on any atom is 0.149 e. The van der Waals surface area contributed by atoms with Crippen LogP contribution in [0.5, 0.6) is 0 Å². The van der Waals surface area contributed by atoms with Gasteiger partial charge in [0.25, 0.3) is 0 Å². The number of pyridine rings is 1. The van der Waals surface area contributed by atoms with E-state index in [-0.39, 0.29) is 12.0 Å². The Morgan fingerprint density at radius 2 is 1.23 bits per heavy atom. The van der Waals surface area contributed by atoms with Crippen LogP contribution in [-0.2, 0) is 6.42 Å². The smallest absolute Gasteiger partial charge is 0.149 e. The molecule has 2 unspecified atom stereocenters. The lowest BCUT2D eigenvalue weighted by molar-refractivity contribution is 0.544. The predicted molar refractivity (Wildman–Crippen MR) is 170 cm³/mol. The zero-order valence-electron chi connectivity index (χ0n) is 24.2. The van der Waals surface area contributed by atoms with Gasteiger partial charge < -0.3 is 9.80 Å². The predicted octanol–water partition coefficient (Wildman–Crippen LogP) is 7.60. The molecule has 4 aromatic rings. The highest BCUT2D eigenvalue weighted by atomic mass is 15.5. The average molecular weight is 532 g/mol. The van der Waals surface area contributed by atoms with E-state index >= 15 is 0 Å². The summed E-state index contributed by atoms with van der Waals surface area (Å²) >= 11 is 0. The molecule has 5 nitrogen and oxygen atoms in total. The van der Waals surface area contributed by atoms with E-state index < -0.39 is 0 Å². The molecule has 1 aromatic heterocycles. The van der Waals surface area contributed by atoms with Gasteiger partial charge in [-0.3, -0.25) is 0 Å². The Balaban J connectivity index is 1.60. The molecule has 2 heterocycles. The highest BCUT2D eigenvalue weighted by molar-refractivity contribution is 6.05. The van der Waals surface area contributed by atoms with Crippen molar-refractivity contribution in [3.05, 3.63) is 120 Å².